The summed E-state index contributed by atoms with van der Waals surface area (Å²) >= 11 is 4.04. The Bertz CT molecular complexity index is 317. The topological polar surface area (TPSA) is 105 Å². The molecular weight excluding hydrogens is 280 g/mol. The number of carbonyl (C=O) groups is 1. The average Bonchev–Trinajstić information content (AvgIpc) is 2.41. The molecule has 0 spiro atoms. The maximum Gasteiger partial charge on any atom is 0.220 e. The second-order valence-corrected chi connectivity index (χ2v) is 6.02. The van der Waals surface area contributed by atoms with Gasteiger partial charge in [-0.25, -0.2) is 0 Å². The van der Waals surface area contributed by atoms with Crippen molar-refractivity contribution < 1.29 is 19.7 Å². The molecule has 0 radical (unpaired) electrons. The Morgan fingerprint density at radius 3 is 2.60 bits per heavy atom. The first kappa shape index (κ1) is 17.7. The maximum absolute atomic E-state index is 11.5. The van der Waals surface area contributed by atoms with Gasteiger partial charge in [-0.15, -0.1) is 0 Å². The largest absolute Gasteiger partial charge is 0.389 e. The number of carbonyl (C=O) groups excluding carboxylic acids is 1. The van der Waals surface area contributed by atoms with Gasteiger partial charge in [0.2, 0.25) is 5.91 Å². The highest BCUT2D eigenvalue weighted by molar-refractivity contribution is 7.80. The molecule has 118 valence electrons. The lowest BCUT2D eigenvalue weighted by atomic mass is 9.88. The molecule has 7 heteroatoms. The Labute approximate surface area is 125 Å². The van der Waals surface area contributed by atoms with E-state index in [0.717, 1.165) is 0 Å². The van der Waals surface area contributed by atoms with Crippen LogP contribution in [0.25, 0.3) is 0 Å². The molecule has 0 aromatic heterocycles. The Morgan fingerprint density at radius 1 is 1.40 bits per heavy atom. The molecule has 0 saturated carbocycles. The molecule has 0 aromatic rings. The van der Waals surface area contributed by atoms with E-state index >= 15 is 0 Å². The molecule has 1 aliphatic rings. The first-order valence-electron chi connectivity index (χ1n) is 7.03. The summed E-state index contributed by atoms with van der Waals surface area (Å²) in [7, 11) is 0. The lowest BCUT2D eigenvalue weighted by molar-refractivity contribution is -0.187. The van der Waals surface area contributed by atoms with Crippen LogP contribution >= 0.6 is 12.6 Å². The predicted molar refractivity (Wildman–Crippen MR) is 79.6 cm³/mol. The summed E-state index contributed by atoms with van der Waals surface area (Å²) in [6.07, 6.45) is -2.03. The summed E-state index contributed by atoms with van der Waals surface area (Å²) in [5, 5.41) is 22.6. The first-order valence-corrected chi connectivity index (χ1v) is 7.66. The average molecular weight is 306 g/mol. The van der Waals surface area contributed by atoms with E-state index in [1.54, 1.807) is 0 Å². The van der Waals surface area contributed by atoms with Crippen molar-refractivity contribution in [1.29, 1.82) is 0 Å². The van der Waals surface area contributed by atoms with Crippen molar-refractivity contribution in [2.75, 3.05) is 12.3 Å². The number of ether oxygens (including phenoxy) is 1. The van der Waals surface area contributed by atoms with Crippen LogP contribution in [0.5, 0.6) is 0 Å². The minimum absolute atomic E-state index is 0.111. The highest BCUT2D eigenvalue weighted by atomic mass is 32.1. The molecule has 0 aliphatic carbocycles. The molecule has 1 fully saturated rings. The minimum atomic E-state index is -1.09. The zero-order valence-electron chi connectivity index (χ0n) is 12.0. The molecule has 20 heavy (non-hydrogen) atoms. The van der Waals surface area contributed by atoms with Gasteiger partial charge in [0.05, 0.1) is 12.1 Å². The lowest BCUT2D eigenvalue weighted by Crippen LogP contribution is -2.64. The van der Waals surface area contributed by atoms with Gasteiger partial charge in [-0.1, -0.05) is 13.8 Å². The monoisotopic (exact) mass is 306 g/mol. The number of hydrogen-bond acceptors (Lipinski definition) is 6. The number of aliphatic hydroxyl groups is 2. The van der Waals surface area contributed by atoms with Crippen molar-refractivity contribution in [3.05, 3.63) is 0 Å². The van der Waals surface area contributed by atoms with Crippen LogP contribution in [0.3, 0.4) is 0 Å². The van der Waals surface area contributed by atoms with Crippen LogP contribution in [-0.4, -0.2) is 58.9 Å². The number of thiol groups is 1. The Hall–Kier alpha value is -0.340. The molecular formula is C13H26N2O4S. The second-order valence-electron chi connectivity index (χ2n) is 5.57. The zero-order chi connectivity index (χ0) is 15.3. The van der Waals surface area contributed by atoms with E-state index in [4.69, 9.17) is 10.5 Å². The summed E-state index contributed by atoms with van der Waals surface area (Å²) < 4.78 is 5.73. The number of amides is 1. The molecule has 1 aliphatic heterocycles. The molecule has 5 atom stereocenters. The van der Waals surface area contributed by atoms with Crippen molar-refractivity contribution in [3.8, 4) is 0 Å². The quantitative estimate of drug-likeness (QED) is 0.417. The maximum atomic E-state index is 11.5. The number of aliphatic hydroxyl groups excluding tert-OH is 2. The van der Waals surface area contributed by atoms with Gasteiger partial charge in [-0.05, 0) is 18.1 Å². The van der Waals surface area contributed by atoms with Crippen LogP contribution in [0.2, 0.25) is 0 Å². The van der Waals surface area contributed by atoms with Crippen LogP contribution in [0.15, 0.2) is 0 Å². The molecule has 6 nitrogen and oxygen atoms in total. The van der Waals surface area contributed by atoms with Gasteiger partial charge in [-0.2, -0.15) is 12.6 Å². The third kappa shape index (κ3) is 4.60. The number of nitrogens with two attached hydrogens (primary N) is 1. The van der Waals surface area contributed by atoms with Crippen molar-refractivity contribution in [2.24, 2.45) is 11.7 Å². The van der Waals surface area contributed by atoms with Crippen LogP contribution in [0.4, 0.5) is 0 Å². The van der Waals surface area contributed by atoms with Crippen molar-refractivity contribution in [1.82, 2.24) is 5.32 Å². The summed E-state index contributed by atoms with van der Waals surface area (Å²) in [6.45, 7) is 4.05. The van der Waals surface area contributed by atoms with Gasteiger partial charge >= 0.3 is 0 Å². The Morgan fingerprint density at radius 2 is 2.05 bits per heavy atom. The molecule has 0 aromatic carbocycles. The van der Waals surface area contributed by atoms with Gasteiger partial charge < -0.3 is 26.0 Å². The van der Waals surface area contributed by atoms with Gasteiger partial charge in [0.25, 0.3) is 0 Å². The third-order valence-electron chi connectivity index (χ3n) is 3.56. The minimum Gasteiger partial charge on any atom is -0.389 e. The van der Waals surface area contributed by atoms with Crippen LogP contribution in [0.1, 0.15) is 26.7 Å². The van der Waals surface area contributed by atoms with Crippen LogP contribution < -0.4 is 11.1 Å². The lowest BCUT2D eigenvalue weighted by Gasteiger charge is -2.43. The summed E-state index contributed by atoms with van der Waals surface area (Å²) in [5.41, 5.74) is 5.87. The standard InChI is InChI=1S/C13H26N2O4S/c1-7(2)13-10(14)12(18)11(17)8(19-13)6-15-9(16)4-3-5-20/h7-8,10-13,17-18,20H,3-6,14H2,1-2H3,(H,15,16). The highest BCUT2D eigenvalue weighted by Gasteiger charge is 2.43. The van der Waals surface area contributed by atoms with E-state index < -0.39 is 24.4 Å². The van der Waals surface area contributed by atoms with Gasteiger partial charge in [0.1, 0.15) is 18.3 Å². The van der Waals surface area contributed by atoms with Crippen LogP contribution in [0, 0.1) is 5.92 Å². The molecule has 5 N–H and O–H groups in total. The van der Waals surface area contributed by atoms with E-state index in [9.17, 15) is 15.0 Å². The van der Waals surface area contributed by atoms with Gasteiger partial charge in [-0.3, -0.25) is 4.79 Å². The SMILES string of the molecule is CC(C)C1OC(CNC(=O)CCCS)C(O)C(O)C1N. The fourth-order valence-corrected chi connectivity index (χ4v) is 2.49. The highest BCUT2D eigenvalue weighted by Crippen LogP contribution is 2.24. The molecule has 1 heterocycles. The van der Waals surface area contributed by atoms with E-state index in [1.165, 1.54) is 0 Å². The number of rotatable bonds is 6. The molecule has 1 amide bonds. The van der Waals surface area contributed by atoms with Crippen LogP contribution in [-0.2, 0) is 9.53 Å². The number of nitrogens with one attached hydrogen (secondary N) is 1. The van der Waals surface area contributed by atoms with E-state index in [2.05, 4.69) is 17.9 Å². The van der Waals surface area contributed by atoms with Crippen molar-refractivity contribution >= 4 is 18.5 Å². The molecule has 5 unspecified atom stereocenters. The smallest absolute Gasteiger partial charge is 0.220 e. The van der Waals surface area contributed by atoms with Gasteiger partial charge in [0.15, 0.2) is 0 Å². The molecule has 1 rings (SSSR count). The van der Waals surface area contributed by atoms with Crippen molar-refractivity contribution in [2.45, 2.75) is 57.1 Å². The summed E-state index contributed by atoms with van der Waals surface area (Å²) in [5.74, 6) is 0.661. The zero-order valence-corrected chi connectivity index (χ0v) is 12.9. The fourth-order valence-electron chi connectivity index (χ4n) is 2.33. The number of hydrogen-bond donors (Lipinski definition) is 5. The Balaban J connectivity index is 2.53. The second kappa shape index (κ2) is 8.19. The summed E-state index contributed by atoms with van der Waals surface area (Å²) in [4.78, 5) is 11.5. The first-order chi connectivity index (χ1) is 9.38. The fraction of sp³-hybridized carbons (Fsp3) is 0.923. The predicted octanol–water partition coefficient (Wildman–Crippen LogP) is -0.715. The van der Waals surface area contributed by atoms with E-state index in [1.807, 2.05) is 13.8 Å². The van der Waals surface area contributed by atoms with E-state index in [0.29, 0.717) is 18.6 Å². The molecule has 0 bridgehead atoms. The summed E-state index contributed by atoms with van der Waals surface area (Å²) in [6, 6.07) is -0.624. The Kier molecular flexibility index (Phi) is 7.25. The normalized spacial score (nSPS) is 34.2. The van der Waals surface area contributed by atoms with Crippen molar-refractivity contribution in [3.63, 3.8) is 0 Å². The van der Waals surface area contributed by atoms with Gasteiger partial charge in [0, 0.05) is 13.0 Å². The molecule has 1 saturated heterocycles. The van der Waals surface area contributed by atoms with E-state index in [-0.39, 0.29) is 24.5 Å². The third-order valence-corrected chi connectivity index (χ3v) is 3.87.